The number of benzene rings is 1. The maximum atomic E-state index is 13.6. The van der Waals surface area contributed by atoms with Crippen molar-refractivity contribution in [1.82, 2.24) is 10.2 Å². The van der Waals surface area contributed by atoms with Gasteiger partial charge in [-0.1, -0.05) is 44.7 Å². The van der Waals surface area contributed by atoms with E-state index in [1.165, 1.54) is 12.8 Å². The van der Waals surface area contributed by atoms with Gasteiger partial charge in [0.1, 0.15) is 0 Å². The molecule has 2 rings (SSSR count). The van der Waals surface area contributed by atoms with Crippen LogP contribution >= 0.6 is 12.2 Å². The lowest BCUT2D eigenvalue weighted by Gasteiger charge is -2.33. The predicted molar refractivity (Wildman–Crippen MR) is 120 cm³/mol. The fourth-order valence-corrected chi connectivity index (χ4v) is 4.30. The van der Waals surface area contributed by atoms with Crippen LogP contribution in [0.4, 0.5) is 5.69 Å². The first-order valence-corrected chi connectivity index (χ1v) is 11.7. The van der Waals surface area contributed by atoms with Crippen LogP contribution in [0.25, 0.3) is 0 Å². The lowest BCUT2D eigenvalue weighted by molar-refractivity contribution is -0.131. The van der Waals surface area contributed by atoms with Gasteiger partial charge in [-0.2, -0.15) is 8.42 Å². The topological polar surface area (TPSA) is 78.8 Å². The van der Waals surface area contributed by atoms with Gasteiger partial charge in [0.2, 0.25) is 5.91 Å². The Hall–Kier alpha value is -1.80. The van der Waals surface area contributed by atoms with E-state index < -0.39 is 15.9 Å². The van der Waals surface area contributed by atoms with Gasteiger partial charge in [-0.3, -0.25) is 9.69 Å². The van der Waals surface area contributed by atoms with Gasteiger partial charge in [-0.25, -0.2) is 0 Å². The maximum Gasteiger partial charge on any atom is 0.316 e. The molecule has 1 N–H and O–H groups in total. The van der Waals surface area contributed by atoms with Gasteiger partial charge in [0.05, 0.1) is 11.1 Å². The number of carbonyl (C=O) groups is 1. The van der Waals surface area contributed by atoms with Crippen molar-refractivity contribution in [1.29, 1.82) is 0 Å². The van der Waals surface area contributed by atoms with Crippen molar-refractivity contribution in [3.63, 3.8) is 0 Å². The summed E-state index contributed by atoms with van der Waals surface area (Å²) in [6.07, 6.45) is 6.91. The quantitative estimate of drug-likeness (QED) is 0.457. The summed E-state index contributed by atoms with van der Waals surface area (Å²) in [5, 5.41) is 3.40. The van der Waals surface area contributed by atoms with Crippen LogP contribution in [0.3, 0.4) is 0 Å². The molecule has 1 aliphatic rings. The Morgan fingerprint density at radius 2 is 2.00 bits per heavy atom. The third-order valence-electron chi connectivity index (χ3n) is 5.66. The van der Waals surface area contributed by atoms with Gasteiger partial charge in [0.15, 0.2) is 5.11 Å². The van der Waals surface area contributed by atoms with Crippen molar-refractivity contribution >= 4 is 39.4 Å². The van der Waals surface area contributed by atoms with Crippen molar-refractivity contribution in [2.24, 2.45) is 4.36 Å². The Labute approximate surface area is 180 Å². The summed E-state index contributed by atoms with van der Waals surface area (Å²) in [6, 6.07) is 5.45. The molecule has 0 heterocycles. The number of nitrogens with zero attached hydrogens (tertiary/aromatic N) is 2. The molecule has 1 fully saturated rings. The summed E-state index contributed by atoms with van der Waals surface area (Å²) < 4.78 is 25.7. The molecule has 160 valence electrons. The van der Waals surface area contributed by atoms with Gasteiger partial charge in [0.25, 0.3) is 0 Å². The molecular formula is C21H31N3O3S2. The Bertz CT molecular complexity index is 884. The second kappa shape index (κ2) is 10.3. The lowest BCUT2D eigenvalue weighted by atomic mass is 9.92. The summed E-state index contributed by atoms with van der Waals surface area (Å²) >= 11 is 5.48. The molecule has 1 unspecified atom stereocenters. The average Bonchev–Trinajstić information content (AvgIpc) is 3.48. The first-order chi connectivity index (χ1) is 13.8. The second-order valence-corrected chi connectivity index (χ2v) is 8.82. The summed E-state index contributed by atoms with van der Waals surface area (Å²) in [7, 11) is -0.799. The van der Waals surface area contributed by atoms with Crippen LogP contribution in [0.1, 0.15) is 69.9 Å². The zero-order chi connectivity index (χ0) is 21.6. The molecule has 1 aromatic rings. The van der Waals surface area contributed by atoms with E-state index >= 15 is 0 Å². The molecule has 0 aromatic heterocycles. The van der Waals surface area contributed by atoms with Crippen molar-refractivity contribution < 1.29 is 13.2 Å². The first kappa shape index (κ1) is 23.5. The molecule has 0 radical (unpaired) electrons. The van der Waals surface area contributed by atoms with Crippen LogP contribution in [0.5, 0.6) is 0 Å². The molecule has 29 heavy (non-hydrogen) atoms. The van der Waals surface area contributed by atoms with Gasteiger partial charge < -0.3 is 5.32 Å². The van der Waals surface area contributed by atoms with Crippen LogP contribution in [-0.4, -0.2) is 37.4 Å². The highest BCUT2D eigenvalue weighted by atomic mass is 32.2. The van der Waals surface area contributed by atoms with Crippen molar-refractivity contribution in [3.8, 4) is 0 Å². The van der Waals surface area contributed by atoms with Gasteiger partial charge >= 0.3 is 10.5 Å². The number of amides is 1. The van der Waals surface area contributed by atoms with E-state index in [1.807, 2.05) is 19.1 Å². The Morgan fingerprint density at radius 3 is 2.55 bits per heavy atom. The SMILES string of the molecule is CCCCCCC(C)N(C(=O)C1(c2ccc(C)c(N=S(=O)=O)c2)CC1)C(=S)NC. The van der Waals surface area contributed by atoms with E-state index in [0.717, 1.165) is 43.2 Å². The van der Waals surface area contributed by atoms with Crippen LogP contribution in [0.15, 0.2) is 22.6 Å². The number of thiocarbonyl (C=S) groups is 1. The molecule has 1 atom stereocenters. The molecule has 1 saturated carbocycles. The minimum Gasteiger partial charge on any atom is -0.365 e. The van der Waals surface area contributed by atoms with Crippen LogP contribution < -0.4 is 5.32 Å². The summed E-state index contributed by atoms with van der Waals surface area (Å²) in [5.41, 5.74) is 1.29. The van der Waals surface area contributed by atoms with E-state index in [2.05, 4.69) is 16.6 Å². The lowest BCUT2D eigenvalue weighted by Crippen LogP contribution is -2.51. The van der Waals surface area contributed by atoms with E-state index in [-0.39, 0.29) is 11.9 Å². The Balaban J connectivity index is 2.31. The van der Waals surface area contributed by atoms with Crippen molar-refractivity contribution in [2.75, 3.05) is 7.05 Å². The van der Waals surface area contributed by atoms with Crippen LogP contribution in [-0.2, 0) is 20.7 Å². The fourth-order valence-electron chi connectivity index (χ4n) is 3.68. The van der Waals surface area contributed by atoms with Gasteiger partial charge in [0, 0.05) is 13.1 Å². The average molecular weight is 438 g/mol. The number of hydrogen-bond acceptors (Lipinski definition) is 5. The minimum atomic E-state index is -2.53. The molecule has 0 saturated heterocycles. The van der Waals surface area contributed by atoms with Gasteiger partial charge in [-0.05, 0) is 62.5 Å². The number of nitrogens with one attached hydrogen (secondary N) is 1. The number of hydrogen-bond donors (Lipinski definition) is 1. The molecule has 8 heteroatoms. The third kappa shape index (κ3) is 5.63. The van der Waals surface area contributed by atoms with Gasteiger partial charge in [-0.15, -0.1) is 4.36 Å². The third-order valence-corrected chi connectivity index (χ3v) is 6.41. The summed E-state index contributed by atoms with van der Waals surface area (Å²) in [6.45, 7) is 6.02. The van der Waals surface area contributed by atoms with E-state index in [0.29, 0.717) is 10.8 Å². The van der Waals surface area contributed by atoms with Crippen molar-refractivity contribution in [2.45, 2.75) is 77.2 Å². The smallest absolute Gasteiger partial charge is 0.316 e. The molecule has 0 bridgehead atoms. The van der Waals surface area contributed by atoms with Crippen LogP contribution in [0, 0.1) is 6.92 Å². The highest BCUT2D eigenvalue weighted by Crippen LogP contribution is 2.51. The highest BCUT2D eigenvalue weighted by molar-refractivity contribution is 7.80. The predicted octanol–water partition coefficient (Wildman–Crippen LogP) is 4.41. The molecule has 0 spiro atoms. The largest absolute Gasteiger partial charge is 0.365 e. The first-order valence-electron chi connectivity index (χ1n) is 10.2. The van der Waals surface area contributed by atoms with E-state index in [9.17, 15) is 13.2 Å². The second-order valence-electron chi connectivity index (χ2n) is 7.82. The number of rotatable bonds is 9. The zero-order valence-electron chi connectivity index (χ0n) is 17.7. The molecular weight excluding hydrogens is 406 g/mol. The number of unbranched alkanes of at least 4 members (excludes halogenated alkanes) is 3. The normalized spacial score (nSPS) is 15.3. The summed E-state index contributed by atoms with van der Waals surface area (Å²) in [5.74, 6) is -0.0158. The van der Waals surface area contributed by atoms with Crippen LogP contribution in [0.2, 0.25) is 0 Å². The highest BCUT2D eigenvalue weighted by Gasteiger charge is 2.54. The van der Waals surface area contributed by atoms with E-state index in [1.54, 1.807) is 24.9 Å². The summed E-state index contributed by atoms with van der Waals surface area (Å²) in [4.78, 5) is 15.3. The Morgan fingerprint density at radius 1 is 1.31 bits per heavy atom. The zero-order valence-corrected chi connectivity index (χ0v) is 19.3. The van der Waals surface area contributed by atoms with E-state index in [4.69, 9.17) is 12.2 Å². The maximum absolute atomic E-state index is 13.6. The molecule has 1 amide bonds. The fraction of sp³-hybridized carbons (Fsp3) is 0.619. The monoisotopic (exact) mass is 437 g/mol. The standard InChI is InChI=1S/C21H31N3O3S2/c1-5-6-7-8-9-16(3)24(20(28)22-4)19(25)21(12-13-21)17-11-10-15(2)18(14-17)23-29(26)27/h10-11,14,16H,5-9,12-13H2,1-4H3,(H,22,28). The molecule has 1 aliphatic carbocycles. The number of carbonyl (C=O) groups excluding carboxylic acids is 1. The number of aryl methyl sites for hydroxylation is 1. The molecule has 1 aromatic carbocycles. The molecule has 6 nitrogen and oxygen atoms in total. The minimum absolute atomic E-state index is 0.000493. The molecule has 0 aliphatic heterocycles. The Kier molecular flexibility index (Phi) is 8.34. The van der Waals surface area contributed by atoms with Crippen molar-refractivity contribution in [3.05, 3.63) is 29.3 Å².